The van der Waals surface area contributed by atoms with E-state index in [4.69, 9.17) is 0 Å². The van der Waals surface area contributed by atoms with E-state index in [2.05, 4.69) is 20.9 Å². The van der Waals surface area contributed by atoms with Crippen molar-refractivity contribution in [2.24, 2.45) is 0 Å². The molecule has 0 unspecified atom stereocenters. The molecule has 2 aromatic carbocycles. The molecule has 0 saturated heterocycles. The minimum absolute atomic E-state index is 0.164. The van der Waals surface area contributed by atoms with Gasteiger partial charge in [-0.2, -0.15) is 0 Å². The van der Waals surface area contributed by atoms with E-state index < -0.39 is 10.0 Å². The predicted molar refractivity (Wildman–Crippen MR) is 107 cm³/mol. The summed E-state index contributed by atoms with van der Waals surface area (Å²) in [5.41, 5.74) is 1.84. The number of halogens is 1. The fraction of sp³-hybridized carbons (Fsp3) is 0. The van der Waals surface area contributed by atoms with Gasteiger partial charge < -0.3 is 0 Å². The predicted octanol–water partition coefficient (Wildman–Crippen LogP) is 4.52. The van der Waals surface area contributed by atoms with E-state index in [1.807, 2.05) is 0 Å². The minimum atomic E-state index is -3.89. The molecule has 0 amide bonds. The molecule has 0 aliphatic carbocycles. The zero-order valence-electron chi connectivity index (χ0n) is 13.9. The first-order valence-electron chi connectivity index (χ1n) is 8.04. The van der Waals surface area contributed by atoms with Crippen molar-refractivity contribution in [2.75, 3.05) is 0 Å². The lowest BCUT2D eigenvalue weighted by Crippen LogP contribution is -2.14. The van der Waals surface area contributed by atoms with Crippen LogP contribution in [0, 0.1) is 0 Å². The van der Waals surface area contributed by atoms with E-state index in [0.29, 0.717) is 27.9 Å². The Morgan fingerprint density at radius 2 is 1.74 bits per heavy atom. The Morgan fingerprint density at radius 1 is 0.963 bits per heavy atom. The van der Waals surface area contributed by atoms with Gasteiger partial charge in [-0.3, -0.25) is 4.79 Å². The Hall–Kier alpha value is -2.77. The van der Waals surface area contributed by atoms with Crippen LogP contribution >= 0.6 is 15.9 Å². The summed E-state index contributed by atoms with van der Waals surface area (Å²) in [6.07, 6.45) is 2.28. The van der Waals surface area contributed by atoms with Crippen molar-refractivity contribution in [2.45, 2.75) is 4.90 Å². The average Bonchev–Trinajstić information content (AvgIpc) is 3.10. The Kier molecular flexibility index (Phi) is 4.41. The molecule has 27 heavy (non-hydrogen) atoms. The summed E-state index contributed by atoms with van der Waals surface area (Å²) in [6, 6.07) is 18.5. The van der Waals surface area contributed by atoms with E-state index in [1.165, 1.54) is 3.97 Å². The van der Waals surface area contributed by atoms with Crippen LogP contribution in [0.1, 0.15) is 10.4 Å². The fourth-order valence-corrected chi connectivity index (χ4v) is 4.87. The van der Waals surface area contributed by atoms with Gasteiger partial charge in [0, 0.05) is 27.2 Å². The van der Waals surface area contributed by atoms with Crippen LogP contribution in [-0.4, -0.2) is 23.7 Å². The van der Waals surface area contributed by atoms with Crippen molar-refractivity contribution < 1.29 is 13.2 Å². The molecule has 0 aliphatic rings. The molecule has 4 aromatic rings. The molecule has 4 rings (SSSR count). The highest BCUT2D eigenvalue weighted by Crippen LogP contribution is 2.34. The summed E-state index contributed by atoms with van der Waals surface area (Å²) in [6.45, 7) is 0. The molecule has 0 bridgehead atoms. The second-order valence-corrected chi connectivity index (χ2v) is 8.53. The van der Waals surface area contributed by atoms with Crippen molar-refractivity contribution in [1.82, 2.24) is 8.96 Å². The Bertz CT molecular complexity index is 1270. The maximum atomic E-state index is 13.4. The average molecular weight is 441 g/mol. The van der Waals surface area contributed by atoms with Gasteiger partial charge in [-0.05, 0) is 46.3 Å². The van der Waals surface area contributed by atoms with Gasteiger partial charge in [-0.15, -0.1) is 0 Å². The molecule has 0 atom stereocenters. The van der Waals surface area contributed by atoms with Crippen molar-refractivity contribution in [3.05, 3.63) is 83.0 Å². The Labute approximate surface area is 164 Å². The summed E-state index contributed by atoms with van der Waals surface area (Å²) in [5, 5.41) is 0.670. The number of hydrogen-bond donors (Lipinski definition) is 0. The second kappa shape index (κ2) is 6.75. The number of carbonyl (C=O) groups is 1. The molecule has 0 fully saturated rings. The minimum Gasteiger partial charge on any atom is -0.298 e. The van der Waals surface area contributed by atoms with Crippen LogP contribution in [0.25, 0.3) is 22.3 Å². The van der Waals surface area contributed by atoms with E-state index in [-0.39, 0.29) is 4.90 Å². The molecule has 5 nitrogen and oxygen atoms in total. The Morgan fingerprint density at radius 3 is 2.48 bits per heavy atom. The first-order valence-corrected chi connectivity index (χ1v) is 10.3. The van der Waals surface area contributed by atoms with Crippen LogP contribution in [0.2, 0.25) is 0 Å². The highest BCUT2D eigenvalue weighted by Gasteiger charge is 2.25. The first-order chi connectivity index (χ1) is 13.0. The van der Waals surface area contributed by atoms with E-state index in [0.717, 1.165) is 10.8 Å². The lowest BCUT2D eigenvalue weighted by Gasteiger charge is -2.12. The molecular weight excluding hydrogens is 428 g/mol. The van der Waals surface area contributed by atoms with Crippen molar-refractivity contribution in [3.8, 4) is 11.3 Å². The molecule has 0 spiro atoms. The number of pyridine rings is 1. The maximum Gasteiger partial charge on any atom is 0.269 e. The lowest BCUT2D eigenvalue weighted by atomic mass is 10.1. The monoisotopic (exact) mass is 440 g/mol. The van der Waals surface area contributed by atoms with Crippen LogP contribution < -0.4 is 0 Å². The van der Waals surface area contributed by atoms with E-state index >= 15 is 0 Å². The molecule has 0 saturated carbocycles. The van der Waals surface area contributed by atoms with Gasteiger partial charge >= 0.3 is 0 Å². The lowest BCUT2D eigenvalue weighted by molar-refractivity contribution is 0.112. The van der Waals surface area contributed by atoms with Gasteiger partial charge in [-0.1, -0.05) is 36.4 Å². The number of benzene rings is 2. The summed E-state index contributed by atoms with van der Waals surface area (Å²) in [7, 11) is -3.89. The van der Waals surface area contributed by atoms with Crippen LogP contribution in [0.5, 0.6) is 0 Å². The highest BCUT2D eigenvalue weighted by molar-refractivity contribution is 9.10. The maximum absolute atomic E-state index is 13.4. The smallest absolute Gasteiger partial charge is 0.269 e. The molecule has 0 radical (unpaired) electrons. The van der Waals surface area contributed by atoms with Gasteiger partial charge in [0.2, 0.25) is 0 Å². The van der Waals surface area contributed by atoms with E-state index in [9.17, 15) is 13.2 Å². The molecule has 7 heteroatoms. The molecule has 0 N–H and O–H groups in total. The molecule has 0 aliphatic heterocycles. The SMILES string of the molecule is O=Cc1cccc(-c2cc3c(Br)ccnc3n2S(=O)(=O)c2ccccc2)c1. The fourth-order valence-electron chi connectivity index (χ4n) is 2.96. The zero-order valence-corrected chi connectivity index (χ0v) is 16.3. The highest BCUT2D eigenvalue weighted by atomic mass is 79.9. The number of carbonyl (C=O) groups excluding carboxylic acids is 1. The number of rotatable bonds is 4. The van der Waals surface area contributed by atoms with Crippen molar-refractivity contribution in [3.63, 3.8) is 0 Å². The quantitative estimate of drug-likeness (QED) is 0.437. The third-order valence-electron chi connectivity index (χ3n) is 4.21. The summed E-state index contributed by atoms with van der Waals surface area (Å²) >= 11 is 3.46. The summed E-state index contributed by atoms with van der Waals surface area (Å²) in [4.78, 5) is 15.6. The van der Waals surface area contributed by atoms with E-state index in [1.54, 1.807) is 72.9 Å². The van der Waals surface area contributed by atoms with Crippen LogP contribution in [0.15, 0.2) is 82.3 Å². The van der Waals surface area contributed by atoms with Gasteiger partial charge in [0.25, 0.3) is 10.0 Å². The number of aldehydes is 1. The standard InChI is InChI=1S/C20H13BrN2O3S/c21-18-9-10-22-20-17(18)12-19(15-6-4-5-14(11-15)13-24)23(20)27(25,26)16-7-2-1-3-8-16/h1-13H. The number of fused-ring (bicyclic) bond motifs is 1. The molecule has 134 valence electrons. The third-order valence-corrected chi connectivity index (χ3v) is 6.62. The van der Waals surface area contributed by atoms with Gasteiger partial charge in [0.1, 0.15) is 6.29 Å². The second-order valence-electron chi connectivity index (χ2n) is 5.89. The third kappa shape index (κ3) is 2.98. The molecule has 2 aromatic heterocycles. The summed E-state index contributed by atoms with van der Waals surface area (Å²) in [5.74, 6) is 0. The Balaban J connectivity index is 2.10. The zero-order chi connectivity index (χ0) is 19.0. The van der Waals surface area contributed by atoms with Gasteiger partial charge in [-0.25, -0.2) is 17.4 Å². The number of aromatic nitrogens is 2. The number of nitrogens with zero attached hydrogens (tertiary/aromatic N) is 2. The van der Waals surface area contributed by atoms with Gasteiger partial charge in [0.15, 0.2) is 5.65 Å². The molecular formula is C20H13BrN2O3S. The number of hydrogen-bond acceptors (Lipinski definition) is 4. The van der Waals surface area contributed by atoms with Gasteiger partial charge in [0.05, 0.1) is 10.6 Å². The van der Waals surface area contributed by atoms with Crippen LogP contribution in [0.3, 0.4) is 0 Å². The topological polar surface area (TPSA) is 69.0 Å². The summed E-state index contributed by atoms with van der Waals surface area (Å²) < 4.78 is 28.8. The van der Waals surface area contributed by atoms with Crippen molar-refractivity contribution in [1.29, 1.82) is 0 Å². The van der Waals surface area contributed by atoms with Crippen LogP contribution in [-0.2, 0) is 10.0 Å². The van der Waals surface area contributed by atoms with Crippen LogP contribution in [0.4, 0.5) is 0 Å². The largest absolute Gasteiger partial charge is 0.298 e. The molecule has 2 heterocycles. The van der Waals surface area contributed by atoms with Crippen molar-refractivity contribution >= 4 is 43.3 Å². The first kappa shape index (κ1) is 17.6. The normalized spacial score (nSPS) is 11.6.